The molecule has 0 saturated carbocycles. The van der Waals surface area contributed by atoms with Crippen LogP contribution in [0.4, 0.5) is 0 Å². The molecule has 0 aromatic carbocycles. The Morgan fingerprint density at radius 1 is 1.58 bits per heavy atom. The van der Waals surface area contributed by atoms with Crippen LogP contribution < -0.4 is 5.73 Å². The van der Waals surface area contributed by atoms with Crippen molar-refractivity contribution in [2.75, 3.05) is 6.54 Å². The molecule has 3 N–H and O–H groups in total. The van der Waals surface area contributed by atoms with Gasteiger partial charge in [0.05, 0.1) is 6.54 Å². The lowest BCUT2D eigenvalue weighted by Gasteiger charge is -2.32. The molecule has 1 aliphatic heterocycles. The first-order chi connectivity index (χ1) is 5.37. The quantitative estimate of drug-likeness (QED) is 0.582. The standard InChI is InChI=1S/C3H7O3P.C2H5NO2/c1-3(2)5-7(4)6-3;3-1-2(4)5/h7H,1-2H3;1,3H2,(H,4,5). The highest BCUT2D eigenvalue weighted by Gasteiger charge is 2.34. The van der Waals surface area contributed by atoms with Crippen LogP contribution in [0.1, 0.15) is 13.8 Å². The van der Waals surface area contributed by atoms with Crippen molar-refractivity contribution in [3.8, 4) is 0 Å². The summed E-state index contributed by atoms with van der Waals surface area (Å²) in [5.74, 6) is -1.54. The number of aliphatic carboxylic acids is 1. The summed E-state index contributed by atoms with van der Waals surface area (Å²) in [6, 6.07) is 0. The van der Waals surface area contributed by atoms with E-state index in [-0.39, 0.29) is 6.54 Å². The number of carbonyl (C=O) groups is 1. The fourth-order valence-electron chi connectivity index (χ4n) is 0.409. The van der Waals surface area contributed by atoms with E-state index in [1.165, 1.54) is 0 Å². The lowest BCUT2D eigenvalue weighted by atomic mass is 10.4. The summed E-state index contributed by atoms with van der Waals surface area (Å²) in [7, 11) is -2.05. The third kappa shape index (κ3) is 5.26. The molecule has 6 nitrogen and oxygen atoms in total. The molecule has 0 unspecified atom stereocenters. The van der Waals surface area contributed by atoms with Gasteiger partial charge in [-0.25, -0.2) is 0 Å². The van der Waals surface area contributed by atoms with Crippen molar-refractivity contribution in [1.29, 1.82) is 0 Å². The predicted molar refractivity (Wildman–Crippen MR) is 41.9 cm³/mol. The van der Waals surface area contributed by atoms with Gasteiger partial charge in [0.25, 0.3) is 0 Å². The molecule has 1 heterocycles. The molecule has 0 spiro atoms. The van der Waals surface area contributed by atoms with Gasteiger partial charge < -0.3 is 10.8 Å². The Kier molecular flexibility index (Phi) is 4.41. The Labute approximate surface area is 70.6 Å². The first-order valence-corrected chi connectivity index (χ1v) is 4.43. The van der Waals surface area contributed by atoms with Crippen molar-refractivity contribution < 1.29 is 23.5 Å². The Morgan fingerprint density at radius 2 is 1.92 bits per heavy atom. The van der Waals surface area contributed by atoms with E-state index < -0.39 is 20.0 Å². The highest BCUT2D eigenvalue weighted by atomic mass is 31.1. The molecule has 1 saturated heterocycles. The third-order valence-electron chi connectivity index (χ3n) is 0.833. The summed E-state index contributed by atoms with van der Waals surface area (Å²) in [5.41, 5.74) is 4.57. The largest absolute Gasteiger partial charge is 0.480 e. The van der Waals surface area contributed by atoms with E-state index in [2.05, 4.69) is 14.8 Å². The van der Waals surface area contributed by atoms with Crippen LogP contribution in [-0.2, 0) is 18.4 Å². The van der Waals surface area contributed by atoms with Crippen molar-refractivity contribution in [2.24, 2.45) is 5.73 Å². The summed E-state index contributed by atoms with van der Waals surface area (Å²) in [4.78, 5) is 9.24. The second-order valence-electron chi connectivity index (χ2n) is 2.45. The molecule has 0 aromatic heterocycles. The van der Waals surface area contributed by atoms with Gasteiger partial charge in [0.15, 0.2) is 5.79 Å². The number of rotatable bonds is 1. The average molecular weight is 197 g/mol. The van der Waals surface area contributed by atoms with Crippen LogP contribution >= 0.6 is 8.25 Å². The summed E-state index contributed by atoms with van der Waals surface area (Å²) < 4.78 is 19.4. The number of carboxylic acids is 1. The van der Waals surface area contributed by atoms with E-state index in [1.807, 2.05) is 0 Å². The number of hydrogen-bond donors (Lipinski definition) is 2. The highest BCUT2D eigenvalue weighted by molar-refractivity contribution is 7.34. The van der Waals surface area contributed by atoms with Crippen LogP contribution in [0.2, 0.25) is 0 Å². The summed E-state index contributed by atoms with van der Waals surface area (Å²) in [6.07, 6.45) is 0. The topological polar surface area (TPSA) is 98.9 Å². The Morgan fingerprint density at radius 3 is 1.92 bits per heavy atom. The van der Waals surface area contributed by atoms with Gasteiger partial charge in [-0.15, -0.1) is 0 Å². The molecule has 0 atom stereocenters. The maximum atomic E-state index is 10.1. The van der Waals surface area contributed by atoms with Crippen LogP contribution in [0.3, 0.4) is 0 Å². The molecular formula is C5H12NO5P. The minimum atomic E-state index is -2.05. The van der Waals surface area contributed by atoms with Crippen LogP contribution in [0, 0.1) is 0 Å². The zero-order chi connectivity index (χ0) is 9.78. The first kappa shape index (κ1) is 11.6. The molecule has 0 aliphatic carbocycles. The van der Waals surface area contributed by atoms with Crippen LogP contribution in [-0.4, -0.2) is 23.4 Å². The van der Waals surface area contributed by atoms with Crippen molar-refractivity contribution in [1.82, 2.24) is 0 Å². The van der Waals surface area contributed by atoms with E-state index in [0.717, 1.165) is 0 Å². The molecule has 1 fully saturated rings. The van der Waals surface area contributed by atoms with Gasteiger partial charge in [-0.2, -0.15) is 0 Å². The van der Waals surface area contributed by atoms with Crippen LogP contribution in [0.15, 0.2) is 0 Å². The average Bonchev–Trinajstić information content (AvgIpc) is 1.85. The van der Waals surface area contributed by atoms with Crippen molar-refractivity contribution in [2.45, 2.75) is 19.6 Å². The number of hydrogen-bond acceptors (Lipinski definition) is 5. The second kappa shape index (κ2) is 4.57. The molecule has 72 valence electrons. The van der Waals surface area contributed by atoms with Crippen LogP contribution in [0.25, 0.3) is 0 Å². The monoisotopic (exact) mass is 197 g/mol. The molecule has 1 aliphatic rings. The predicted octanol–water partition coefficient (Wildman–Crippen LogP) is 0.189. The third-order valence-corrected chi connectivity index (χ3v) is 2.15. The Bertz CT molecular complexity index is 182. The zero-order valence-electron chi connectivity index (χ0n) is 6.86. The lowest BCUT2D eigenvalue weighted by molar-refractivity contribution is -0.157. The minimum absolute atomic E-state index is 0.278. The Hall–Kier alpha value is -0.420. The Balaban J connectivity index is 0.000000217. The van der Waals surface area contributed by atoms with Gasteiger partial charge >= 0.3 is 14.2 Å². The van der Waals surface area contributed by atoms with Gasteiger partial charge in [0.2, 0.25) is 0 Å². The SMILES string of the molecule is CC1(C)O[PH](=O)O1.NCC(=O)O. The van der Waals surface area contributed by atoms with Crippen molar-refractivity contribution >= 4 is 14.2 Å². The van der Waals surface area contributed by atoms with E-state index in [4.69, 9.17) is 5.11 Å². The number of nitrogens with two attached hydrogens (primary N) is 1. The molecule has 7 heteroatoms. The van der Waals surface area contributed by atoms with Gasteiger partial charge in [-0.05, 0) is 13.8 Å². The van der Waals surface area contributed by atoms with Gasteiger partial charge in [0, 0.05) is 0 Å². The van der Waals surface area contributed by atoms with Crippen LogP contribution in [0.5, 0.6) is 0 Å². The van der Waals surface area contributed by atoms with E-state index in [9.17, 15) is 9.36 Å². The molecular weight excluding hydrogens is 185 g/mol. The summed E-state index contributed by atoms with van der Waals surface area (Å²) >= 11 is 0. The maximum Gasteiger partial charge on any atom is 0.324 e. The van der Waals surface area contributed by atoms with Crippen molar-refractivity contribution in [3.05, 3.63) is 0 Å². The fourth-order valence-corrected chi connectivity index (χ4v) is 1.23. The van der Waals surface area contributed by atoms with Crippen molar-refractivity contribution in [3.63, 3.8) is 0 Å². The minimum Gasteiger partial charge on any atom is -0.480 e. The van der Waals surface area contributed by atoms with E-state index in [1.54, 1.807) is 13.8 Å². The molecule has 1 rings (SSSR count). The van der Waals surface area contributed by atoms with E-state index in [0.29, 0.717) is 0 Å². The summed E-state index contributed by atoms with van der Waals surface area (Å²) in [6.45, 7) is 3.16. The second-order valence-corrected chi connectivity index (χ2v) is 3.36. The molecule has 0 aromatic rings. The van der Waals surface area contributed by atoms with Gasteiger partial charge in [-0.1, -0.05) is 0 Å². The highest BCUT2D eigenvalue weighted by Crippen LogP contribution is 2.46. The molecule has 0 bridgehead atoms. The smallest absolute Gasteiger partial charge is 0.324 e. The zero-order valence-corrected chi connectivity index (χ0v) is 7.86. The lowest BCUT2D eigenvalue weighted by Crippen LogP contribution is -2.30. The fraction of sp³-hybridized carbons (Fsp3) is 0.800. The normalized spacial score (nSPS) is 20.2. The molecule has 0 radical (unpaired) electrons. The summed E-state index contributed by atoms with van der Waals surface area (Å²) in [5, 5.41) is 7.60. The number of carboxylic acid groups (broad SMARTS) is 1. The molecule has 12 heavy (non-hydrogen) atoms. The first-order valence-electron chi connectivity index (χ1n) is 3.21. The van der Waals surface area contributed by atoms with Gasteiger partial charge in [-0.3, -0.25) is 18.4 Å². The van der Waals surface area contributed by atoms with Gasteiger partial charge in [0.1, 0.15) is 0 Å². The van der Waals surface area contributed by atoms with E-state index >= 15 is 0 Å². The maximum absolute atomic E-state index is 10.1. The molecule has 0 amide bonds.